The molecule has 0 spiro atoms. The van der Waals surface area contributed by atoms with Crippen LogP contribution in [0.5, 0.6) is 11.5 Å². The summed E-state index contributed by atoms with van der Waals surface area (Å²) in [5.74, 6) is 1.22. The van der Waals surface area contributed by atoms with Gasteiger partial charge in [-0.1, -0.05) is 7.43 Å². The molecule has 3 heterocycles. The number of hydrogen-bond acceptors (Lipinski definition) is 7. The van der Waals surface area contributed by atoms with Crippen molar-refractivity contribution in [2.75, 3.05) is 18.6 Å². The number of anilines is 1. The number of nitrogens with zero attached hydrogens (tertiary/aromatic N) is 5. The molecule has 0 unspecified atom stereocenters. The number of ether oxygens (including phenoxy) is 1. The Labute approximate surface area is 151 Å². The highest BCUT2D eigenvalue weighted by Crippen LogP contribution is 2.35. The van der Waals surface area contributed by atoms with Gasteiger partial charge in [0.1, 0.15) is 12.1 Å². The van der Waals surface area contributed by atoms with Crippen LogP contribution < -0.4 is 9.64 Å². The van der Waals surface area contributed by atoms with Crippen molar-refractivity contribution in [2.24, 2.45) is 7.05 Å². The Morgan fingerprint density at radius 3 is 2.81 bits per heavy atom. The van der Waals surface area contributed by atoms with Crippen molar-refractivity contribution >= 4 is 16.7 Å². The van der Waals surface area contributed by atoms with Gasteiger partial charge in [-0.3, -0.25) is 4.68 Å². The molecule has 0 bridgehead atoms. The number of hydrogen-bond donors (Lipinski definition) is 2. The quantitative estimate of drug-likeness (QED) is 0.737. The highest BCUT2D eigenvalue weighted by molar-refractivity contribution is 5.92. The fourth-order valence-electron chi connectivity index (χ4n) is 3.45. The standard InChI is InChI=1S/C17H19N5O3.CH4/c1-21-14-3-4-22(7-11(14)13(8-23)20-21)17-10-5-16(25-2)15(24)6-12(10)18-9-19-17;/h5-6,9,23-24H,3-4,7-8H2,1-2H3;1H4. The Bertz CT molecular complexity index is 954. The van der Waals surface area contributed by atoms with Crippen LogP contribution in [-0.4, -0.2) is 43.6 Å². The molecule has 0 radical (unpaired) electrons. The molecule has 1 aromatic carbocycles. The number of aliphatic hydroxyl groups excluding tert-OH is 1. The number of aliphatic hydroxyl groups is 1. The SMILES string of the molecule is C.COc1cc2c(N3CCc4c(c(CO)nn4C)C3)ncnc2cc1O. The van der Waals surface area contributed by atoms with Crippen LogP contribution in [-0.2, 0) is 26.6 Å². The van der Waals surface area contributed by atoms with Gasteiger partial charge >= 0.3 is 0 Å². The van der Waals surface area contributed by atoms with Gasteiger partial charge in [0.25, 0.3) is 0 Å². The molecule has 1 aliphatic heterocycles. The molecule has 0 saturated heterocycles. The van der Waals surface area contributed by atoms with Crippen LogP contribution in [0.25, 0.3) is 10.9 Å². The first kappa shape index (κ1) is 17.9. The lowest BCUT2D eigenvalue weighted by molar-refractivity contribution is 0.274. The number of aromatic hydroxyl groups is 1. The van der Waals surface area contributed by atoms with Crippen LogP contribution in [0.3, 0.4) is 0 Å². The fourth-order valence-corrected chi connectivity index (χ4v) is 3.45. The lowest BCUT2D eigenvalue weighted by atomic mass is 10.0. The van der Waals surface area contributed by atoms with E-state index in [9.17, 15) is 10.2 Å². The van der Waals surface area contributed by atoms with E-state index in [1.165, 1.54) is 13.4 Å². The number of aryl methyl sites for hydroxylation is 1. The molecule has 2 N–H and O–H groups in total. The first-order valence-corrected chi connectivity index (χ1v) is 8.03. The van der Waals surface area contributed by atoms with Crippen LogP contribution in [0.2, 0.25) is 0 Å². The molecule has 4 rings (SSSR count). The number of rotatable bonds is 3. The van der Waals surface area contributed by atoms with E-state index in [2.05, 4.69) is 20.0 Å². The second-order valence-corrected chi connectivity index (χ2v) is 6.06. The van der Waals surface area contributed by atoms with E-state index in [1.54, 1.807) is 12.1 Å². The number of fused-ring (bicyclic) bond motifs is 2. The van der Waals surface area contributed by atoms with Gasteiger partial charge in [-0.15, -0.1) is 0 Å². The van der Waals surface area contributed by atoms with Gasteiger partial charge in [-0.2, -0.15) is 5.10 Å². The van der Waals surface area contributed by atoms with E-state index in [1.807, 2.05) is 11.7 Å². The van der Waals surface area contributed by atoms with E-state index >= 15 is 0 Å². The van der Waals surface area contributed by atoms with Gasteiger partial charge in [0, 0.05) is 49.3 Å². The van der Waals surface area contributed by atoms with E-state index in [0.29, 0.717) is 23.5 Å². The average molecular weight is 357 g/mol. The topological polar surface area (TPSA) is 96.5 Å². The van der Waals surface area contributed by atoms with Crippen molar-refractivity contribution in [1.82, 2.24) is 19.7 Å². The first-order valence-electron chi connectivity index (χ1n) is 8.03. The smallest absolute Gasteiger partial charge is 0.161 e. The zero-order chi connectivity index (χ0) is 17.6. The third-order valence-electron chi connectivity index (χ3n) is 4.69. The van der Waals surface area contributed by atoms with Crippen molar-refractivity contribution in [3.8, 4) is 11.5 Å². The molecule has 0 atom stereocenters. The van der Waals surface area contributed by atoms with Crippen molar-refractivity contribution in [3.63, 3.8) is 0 Å². The third kappa shape index (κ3) is 2.72. The van der Waals surface area contributed by atoms with Crippen LogP contribution in [0.4, 0.5) is 5.82 Å². The molecule has 2 aromatic heterocycles. The third-order valence-corrected chi connectivity index (χ3v) is 4.69. The van der Waals surface area contributed by atoms with Gasteiger partial charge in [0.05, 0.1) is 24.9 Å². The molecule has 0 aliphatic carbocycles. The van der Waals surface area contributed by atoms with Gasteiger partial charge in [0.2, 0.25) is 0 Å². The van der Waals surface area contributed by atoms with Gasteiger partial charge < -0.3 is 19.8 Å². The predicted molar refractivity (Wildman–Crippen MR) is 98.4 cm³/mol. The Hall–Kier alpha value is -2.87. The zero-order valence-electron chi connectivity index (χ0n) is 14.1. The number of aromatic nitrogens is 4. The second kappa shape index (κ2) is 6.80. The second-order valence-electron chi connectivity index (χ2n) is 6.06. The summed E-state index contributed by atoms with van der Waals surface area (Å²) in [7, 11) is 3.42. The van der Waals surface area contributed by atoms with Crippen LogP contribution in [0.15, 0.2) is 18.5 Å². The van der Waals surface area contributed by atoms with Gasteiger partial charge in [0.15, 0.2) is 11.5 Å². The van der Waals surface area contributed by atoms with Crippen molar-refractivity contribution in [3.05, 3.63) is 35.4 Å². The van der Waals surface area contributed by atoms with Gasteiger partial charge in [-0.25, -0.2) is 9.97 Å². The number of methoxy groups -OCH3 is 1. The summed E-state index contributed by atoms with van der Waals surface area (Å²) in [6.45, 7) is 1.32. The largest absolute Gasteiger partial charge is 0.504 e. The number of phenols is 1. The van der Waals surface area contributed by atoms with Gasteiger partial charge in [-0.05, 0) is 6.07 Å². The predicted octanol–water partition coefficient (Wildman–Crippen LogP) is 1.77. The number of phenolic OH excluding ortho intramolecular Hbond substituents is 1. The highest BCUT2D eigenvalue weighted by Gasteiger charge is 2.25. The summed E-state index contributed by atoms with van der Waals surface area (Å²) in [6.07, 6.45) is 2.31. The molecular formula is C18H23N5O3. The summed E-state index contributed by atoms with van der Waals surface area (Å²) in [6, 6.07) is 3.34. The zero-order valence-corrected chi connectivity index (χ0v) is 14.1. The minimum Gasteiger partial charge on any atom is -0.504 e. The molecule has 8 heteroatoms. The summed E-state index contributed by atoms with van der Waals surface area (Å²) in [4.78, 5) is 10.8. The summed E-state index contributed by atoms with van der Waals surface area (Å²) in [5, 5.41) is 24.8. The maximum Gasteiger partial charge on any atom is 0.161 e. The average Bonchev–Trinajstić information content (AvgIpc) is 2.96. The van der Waals surface area contributed by atoms with E-state index < -0.39 is 0 Å². The lowest BCUT2D eigenvalue weighted by Crippen LogP contribution is -2.32. The fraction of sp³-hybridized carbons (Fsp3) is 0.389. The minimum atomic E-state index is -0.0801. The van der Waals surface area contributed by atoms with Crippen molar-refractivity contribution in [1.29, 1.82) is 0 Å². The normalized spacial score (nSPS) is 13.4. The Balaban J connectivity index is 0.00000196. The maximum absolute atomic E-state index is 9.97. The van der Waals surface area contributed by atoms with Crippen molar-refractivity contribution < 1.29 is 14.9 Å². The summed E-state index contributed by atoms with van der Waals surface area (Å²) < 4.78 is 7.07. The first-order chi connectivity index (χ1) is 12.1. The summed E-state index contributed by atoms with van der Waals surface area (Å²) >= 11 is 0. The Morgan fingerprint density at radius 2 is 2.08 bits per heavy atom. The van der Waals surface area contributed by atoms with Crippen LogP contribution in [0, 0.1) is 0 Å². The van der Waals surface area contributed by atoms with Crippen LogP contribution >= 0.6 is 0 Å². The molecule has 138 valence electrons. The highest BCUT2D eigenvalue weighted by atomic mass is 16.5. The maximum atomic E-state index is 9.97. The molecule has 1 aliphatic rings. The monoisotopic (exact) mass is 357 g/mol. The Kier molecular flexibility index (Phi) is 4.69. The summed E-state index contributed by atoms with van der Waals surface area (Å²) in [5.41, 5.74) is 3.56. The Morgan fingerprint density at radius 1 is 1.27 bits per heavy atom. The molecule has 0 fully saturated rings. The lowest BCUT2D eigenvalue weighted by Gasteiger charge is -2.29. The number of benzene rings is 1. The molecule has 26 heavy (non-hydrogen) atoms. The molecule has 8 nitrogen and oxygen atoms in total. The van der Waals surface area contributed by atoms with E-state index in [0.717, 1.165) is 35.4 Å². The van der Waals surface area contributed by atoms with Crippen molar-refractivity contribution in [2.45, 2.75) is 27.0 Å². The van der Waals surface area contributed by atoms with E-state index in [-0.39, 0.29) is 19.8 Å². The minimum absolute atomic E-state index is 0. The van der Waals surface area contributed by atoms with Crippen LogP contribution in [0.1, 0.15) is 24.4 Å². The molecule has 0 saturated carbocycles. The molecule has 0 amide bonds. The molecular weight excluding hydrogens is 334 g/mol. The van der Waals surface area contributed by atoms with E-state index in [4.69, 9.17) is 4.74 Å². The molecule has 3 aromatic rings.